The SMILES string of the molecule is CC(C)N(CC1CCCN(C(=O)CNS(=O)(=O)c2cccs2)C1)C(=O)OC(C)(C)C. The molecule has 1 aliphatic rings. The molecule has 0 radical (unpaired) electrons. The van der Waals surface area contributed by atoms with E-state index in [4.69, 9.17) is 4.74 Å². The molecule has 1 N–H and O–H groups in total. The first-order valence-electron chi connectivity index (χ1n) is 10.2. The lowest BCUT2D eigenvalue weighted by atomic mass is 9.97. The first kappa shape index (κ1) is 24.6. The molecule has 0 aromatic carbocycles. The van der Waals surface area contributed by atoms with E-state index in [-0.39, 0.29) is 34.7 Å². The molecular formula is C20H33N3O5S2. The van der Waals surface area contributed by atoms with Crippen molar-refractivity contribution in [2.24, 2.45) is 5.92 Å². The molecule has 1 saturated heterocycles. The largest absolute Gasteiger partial charge is 0.444 e. The van der Waals surface area contributed by atoms with E-state index in [0.29, 0.717) is 19.6 Å². The lowest BCUT2D eigenvalue weighted by Gasteiger charge is -2.37. The van der Waals surface area contributed by atoms with Crippen LogP contribution in [0.15, 0.2) is 21.7 Å². The van der Waals surface area contributed by atoms with Crippen LogP contribution in [0, 0.1) is 5.92 Å². The molecule has 0 saturated carbocycles. The fourth-order valence-corrected chi connectivity index (χ4v) is 5.30. The van der Waals surface area contributed by atoms with E-state index in [2.05, 4.69) is 4.72 Å². The molecule has 170 valence electrons. The summed E-state index contributed by atoms with van der Waals surface area (Å²) in [7, 11) is -3.67. The van der Waals surface area contributed by atoms with E-state index in [1.807, 2.05) is 34.6 Å². The summed E-state index contributed by atoms with van der Waals surface area (Å²) in [5.74, 6) is -0.139. The van der Waals surface area contributed by atoms with Crippen molar-refractivity contribution in [2.45, 2.75) is 63.3 Å². The highest BCUT2D eigenvalue weighted by molar-refractivity contribution is 7.91. The van der Waals surface area contributed by atoms with Crippen molar-refractivity contribution in [1.29, 1.82) is 0 Å². The van der Waals surface area contributed by atoms with Crippen LogP contribution in [0.1, 0.15) is 47.5 Å². The van der Waals surface area contributed by atoms with Gasteiger partial charge in [-0.1, -0.05) is 6.07 Å². The molecule has 1 aromatic rings. The molecular weight excluding hydrogens is 426 g/mol. The van der Waals surface area contributed by atoms with Crippen LogP contribution in [0.3, 0.4) is 0 Å². The topological polar surface area (TPSA) is 96.0 Å². The third-order valence-electron chi connectivity index (χ3n) is 4.75. The Hall–Kier alpha value is -1.65. The van der Waals surface area contributed by atoms with Crippen LogP contribution in [0.2, 0.25) is 0 Å². The summed E-state index contributed by atoms with van der Waals surface area (Å²) in [5.41, 5.74) is -0.571. The first-order chi connectivity index (χ1) is 13.9. The Morgan fingerprint density at radius 2 is 2.07 bits per heavy atom. The fraction of sp³-hybridized carbons (Fsp3) is 0.700. The number of nitrogens with zero attached hydrogens (tertiary/aromatic N) is 2. The van der Waals surface area contributed by atoms with Crippen LogP contribution in [0.4, 0.5) is 4.79 Å². The number of ether oxygens (including phenoxy) is 1. The fourth-order valence-electron chi connectivity index (χ4n) is 3.29. The predicted octanol–water partition coefficient (Wildman–Crippen LogP) is 2.91. The zero-order valence-electron chi connectivity index (χ0n) is 18.4. The maximum Gasteiger partial charge on any atom is 0.410 e. The van der Waals surface area contributed by atoms with Gasteiger partial charge >= 0.3 is 6.09 Å². The lowest BCUT2D eigenvalue weighted by Crippen LogP contribution is -2.49. The van der Waals surface area contributed by atoms with Gasteiger partial charge in [0.1, 0.15) is 9.81 Å². The number of hydrogen-bond acceptors (Lipinski definition) is 6. The molecule has 2 heterocycles. The van der Waals surface area contributed by atoms with Crippen LogP contribution in [-0.2, 0) is 19.6 Å². The number of carbonyl (C=O) groups is 2. The van der Waals surface area contributed by atoms with Gasteiger partial charge in [0.05, 0.1) is 6.54 Å². The normalized spacial score (nSPS) is 17.8. The molecule has 8 nitrogen and oxygen atoms in total. The molecule has 1 aliphatic heterocycles. The minimum absolute atomic E-state index is 0.0245. The monoisotopic (exact) mass is 459 g/mol. The van der Waals surface area contributed by atoms with Crippen molar-refractivity contribution < 1.29 is 22.7 Å². The second kappa shape index (κ2) is 10.1. The van der Waals surface area contributed by atoms with Gasteiger partial charge in [-0.3, -0.25) is 4.79 Å². The molecule has 1 unspecified atom stereocenters. The number of likely N-dealkylation sites (tertiary alicyclic amines) is 1. The van der Waals surface area contributed by atoms with E-state index < -0.39 is 15.6 Å². The maximum atomic E-state index is 12.6. The third kappa shape index (κ3) is 7.24. The standard InChI is InChI=1S/C20H33N3O5S2/c1-15(2)23(19(25)28-20(3,4)5)14-16-8-6-10-22(13-16)17(24)12-21-30(26,27)18-9-7-11-29-18/h7,9,11,15-16,21H,6,8,10,12-14H2,1-5H3. The minimum Gasteiger partial charge on any atom is -0.444 e. The summed E-state index contributed by atoms with van der Waals surface area (Å²) in [6, 6.07) is 3.14. The molecule has 0 bridgehead atoms. The Morgan fingerprint density at radius 3 is 2.63 bits per heavy atom. The molecule has 2 rings (SSSR count). The van der Waals surface area contributed by atoms with E-state index in [1.54, 1.807) is 21.2 Å². The Bertz CT molecular complexity index is 816. The van der Waals surface area contributed by atoms with Crippen molar-refractivity contribution in [2.75, 3.05) is 26.2 Å². The predicted molar refractivity (Wildman–Crippen MR) is 117 cm³/mol. The zero-order valence-corrected chi connectivity index (χ0v) is 20.0. The van der Waals surface area contributed by atoms with Gasteiger partial charge in [0.25, 0.3) is 10.0 Å². The van der Waals surface area contributed by atoms with Gasteiger partial charge in [-0.25, -0.2) is 17.9 Å². The molecule has 2 amide bonds. The third-order valence-corrected chi connectivity index (χ3v) is 7.55. The van der Waals surface area contributed by atoms with Gasteiger partial charge in [-0.05, 0) is 64.8 Å². The number of sulfonamides is 1. The number of nitrogens with one attached hydrogen (secondary N) is 1. The van der Waals surface area contributed by atoms with E-state index in [1.165, 1.54) is 6.07 Å². The Morgan fingerprint density at radius 1 is 1.37 bits per heavy atom. The molecule has 0 spiro atoms. The second-order valence-corrected chi connectivity index (χ2v) is 11.8. The highest BCUT2D eigenvalue weighted by Crippen LogP contribution is 2.21. The van der Waals surface area contributed by atoms with Crippen LogP contribution in [0.25, 0.3) is 0 Å². The van der Waals surface area contributed by atoms with E-state index in [9.17, 15) is 18.0 Å². The first-order valence-corrected chi connectivity index (χ1v) is 12.6. The van der Waals surface area contributed by atoms with Crippen LogP contribution in [0.5, 0.6) is 0 Å². The van der Waals surface area contributed by atoms with Crippen molar-refractivity contribution in [3.05, 3.63) is 17.5 Å². The minimum atomic E-state index is -3.67. The van der Waals surface area contributed by atoms with Crippen LogP contribution >= 0.6 is 11.3 Å². The number of piperidine rings is 1. The number of amides is 2. The maximum absolute atomic E-state index is 12.6. The Balaban J connectivity index is 1.93. The average Bonchev–Trinajstić information content (AvgIpc) is 3.18. The highest BCUT2D eigenvalue weighted by Gasteiger charge is 2.30. The number of carbonyl (C=O) groups excluding carboxylic acids is 2. The van der Waals surface area contributed by atoms with Crippen molar-refractivity contribution in [3.63, 3.8) is 0 Å². The number of hydrogen-bond donors (Lipinski definition) is 1. The average molecular weight is 460 g/mol. The highest BCUT2D eigenvalue weighted by atomic mass is 32.2. The Labute approximate surface area is 183 Å². The van der Waals surface area contributed by atoms with E-state index in [0.717, 1.165) is 24.2 Å². The second-order valence-electron chi connectivity index (χ2n) is 8.83. The lowest BCUT2D eigenvalue weighted by molar-refractivity contribution is -0.131. The molecule has 0 aliphatic carbocycles. The Kier molecular flexibility index (Phi) is 8.29. The molecule has 30 heavy (non-hydrogen) atoms. The summed E-state index contributed by atoms with van der Waals surface area (Å²) < 4.78 is 32.5. The summed E-state index contributed by atoms with van der Waals surface area (Å²) in [6.07, 6.45) is 1.36. The quantitative estimate of drug-likeness (QED) is 0.676. The number of thiophene rings is 1. The molecule has 1 aromatic heterocycles. The van der Waals surface area contributed by atoms with Crippen molar-refractivity contribution in [1.82, 2.24) is 14.5 Å². The molecule has 1 fully saturated rings. The van der Waals surface area contributed by atoms with Crippen LogP contribution in [-0.4, -0.2) is 68.0 Å². The summed E-state index contributed by atoms with van der Waals surface area (Å²) >= 11 is 1.11. The summed E-state index contributed by atoms with van der Waals surface area (Å²) in [5, 5.41) is 1.68. The summed E-state index contributed by atoms with van der Waals surface area (Å²) in [4.78, 5) is 28.5. The smallest absolute Gasteiger partial charge is 0.410 e. The van der Waals surface area contributed by atoms with Crippen molar-refractivity contribution in [3.8, 4) is 0 Å². The van der Waals surface area contributed by atoms with Gasteiger partial charge in [0, 0.05) is 25.7 Å². The van der Waals surface area contributed by atoms with E-state index >= 15 is 0 Å². The van der Waals surface area contributed by atoms with Gasteiger partial charge < -0.3 is 14.5 Å². The zero-order chi connectivity index (χ0) is 22.5. The van der Waals surface area contributed by atoms with Gasteiger partial charge in [0.15, 0.2) is 0 Å². The van der Waals surface area contributed by atoms with Gasteiger partial charge in [0.2, 0.25) is 5.91 Å². The summed E-state index contributed by atoms with van der Waals surface area (Å²) in [6.45, 7) is 10.7. The molecule has 10 heteroatoms. The number of rotatable bonds is 7. The van der Waals surface area contributed by atoms with Gasteiger partial charge in [-0.2, -0.15) is 0 Å². The molecule has 1 atom stereocenters. The van der Waals surface area contributed by atoms with Crippen molar-refractivity contribution >= 4 is 33.4 Å². The van der Waals surface area contributed by atoms with Gasteiger partial charge in [-0.15, -0.1) is 11.3 Å². The van der Waals surface area contributed by atoms with Crippen LogP contribution < -0.4 is 4.72 Å².